The van der Waals surface area contributed by atoms with Crippen LogP contribution in [0.3, 0.4) is 0 Å². The summed E-state index contributed by atoms with van der Waals surface area (Å²) in [6, 6.07) is 19.2. The van der Waals surface area contributed by atoms with E-state index in [1.165, 1.54) is 26.2 Å². The lowest BCUT2D eigenvalue weighted by Gasteiger charge is -2.10. The number of hydrogen-bond donors (Lipinski definition) is 0. The van der Waals surface area contributed by atoms with Gasteiger partial charge in [0.15, 0.2) is 0 Å². The van der Waals surface area contributed by atoms with Gasteiger partial charge in [-0.15, -0.1) is 0 Å². The van der Waals surface area contributed by atoms with Gasteiger partial charge >= 0.3 is 0 Å². The standard InChI is InChI=1S/C21H21IN2/c1-4-17-5-11-21(12-6-17)24-15(2)13-18(16(24)3)14-23-20-9-7-19(22)8-10-20/h5-14H,4H2,1-3H3. The molecule has 0 N–H and O–H groups in total. The van der Waals surface area contributed by atoms with Gasteiger partial charge in [0.1, 0.15) is 0 Å². The molecule has 3 rings (SSSR count). The Morgan fingerprint density at radius 2 is 1.67 bits per heavy atom. The van der Waals surface area contributed by atoms with Gasteiger partial charge in [0.05, 0.1) is 5.69 Å². The van der Waals surface area contributed by atoms with Gasteiger partial charge in [0.2, 0.25) is 0 Å². The molecule has 1 heterocycles. The van der Waals surface area contributed by atoms with Gasteiger partial charge in [0, 0.05) is 32.4 Å². The molecule has 3 aromatic rings. The molecule has 0 spiro atoms. The molecule has 0 aliphatic heterocycles. The number of nitrogens with zero attached hydrogens (tertiary/aromatic N) is 2. The van der Waals surface area contributed by atoms with E-state index in [1.807, 2.05) is 18.3 Å². The molecule has 0 aliphatic carbocycles. The zero-order valence-corrected chi connectivity index (χ0v) is 16.4. The predicted molar refractivity (Wildman–Crippen MR) is 111 cm³/mol. The number of halogens is 1. The number of hydrogen-bond acceptors (Lipinski definition) is 1. The number of aliphatic imine (C=N–C) groups is 1. The molecule has 0 saturated carbocycles. The van der Waals surface area contributed by atoms with Crippen molar-refractivity contribution in [1.29, 1.82) is 0 Å². The second kappa shape index (κ2) is 7.34. The highest BCUT2D eigenvalue weighted by Gasteiger charge is 2.09. The molecule has 122 valence electrons. The van der Waals surface area contributed by atoms with Crippen LogP contribution in [0.1, 0.15) is 29.4 Å². The quantitative estimate of drug-likeness (QED) is 0.358. The normalized spacial score (nSPS) is 11.3. The van der Waals surface area contributed by atoms with Gasteiger partial charge in [0.25, 0.3) is 0 Å². The number of benzene rings is 2. The third-order valence-electron chi connectivity index (χ3n) is 4.25. The average molecular weight is 428 g/mol. The summed E-state index contributed by atoms with van der Waals surface area (Å²) in [6.45, 7) is 6.47. The van der Waals surface area contributed by atoms with Crippen LogP contribution in [0.25, 0.3) is 5.69 Å². The van der Waals surface area contributed by atoms with Crippen molar-refractivity contribution in [2.75, 3.05) is 0 Å². The lowest BCUT2D eigenvalue weighted by molar-refractivity contribution is 0.962. The summed E-state index contributed by atoms with van der Waals surface area (Å²) in [7, 11) is 0. The minimum absolute atomic E-state index is 0.979. The fraction of sp³-hybridized carbons (Fsp3) is 0.190. The number of aromatic nitrogens is 1. The van der Waals surface area contributed by atoms with E-state index in [4.69, 9.17) is 0 Å². The van der Waals surface area contributed by atoms with Crippen molar-refractivity contribution in [3.63, 3.8) is 0 Å². The van der Waals surface area contributed by atoms with Gasteiger partial charge < -0.3 is 4.57 Å². The second-order valence-corrected chi connectivity index (χ2v) is 7.16. The second-order valence-electron chi connectivity index (χ2n) is 5.92. The molecule has 0 amide bonds. The molecule has 1 aromatic heterocycles. The topological polar surface area (TPSA) is 17.3 Å². The summed E-state index contributed by atoms with van der Waals surface area (Å²) in [5, 5.41) is 0. The Labute approximate surface area is 157 Å². The Morgan fingerprint density at radius 1 is 1.00 bits per heavy atom. The third kappa shape index (κ3) is 3.61. The van der Waals surface area contributed by atoms with Crippen molar-refractivity contribution in [2.24, 2.45) is 4.99 Å². The Bertz CT molecular complexity index is 856. The highest BCUT2D eigenvalue weighted by atomic mass is 127. The maximum atomic E-state index is 4.61. The lowest BCUT2D eigenvalue weighted by atomic mass is 10.1. The molecule has 0 radical (unpaired) electrons. The van der Waals surface area contributed by atoms with E-state index < -0.39 is 0 Å². The van der Waals surface area contributed by atoms with Crippen LogP contribution in [0.4, 0.5) is 5.69 Å². The van der Waals surface area contributed by atoms with Gasteiger partial charge in [-0.1, -0.05) is 19.1 Å². The number of aryl methyl sites for hydroxylation is 2. The van der Waals surface area contributed by atoms with Crippen LogP contribution < -0.4 is 0 Å². The van der Waals surface area contributed by atoms with E-state index in [1.54, 1.807) is 0 Å². The Balaban J connectivity index is 1.92. The van der Waals surface area contributed by atoms with Crippen molar-refractivity contribution < 1.29 is 0 Å². The van der Waals surface area contributed by atoms with Crippen molar-refractivity contribution >= 4 is 34.5 Å². The van der Waals surface area contributed by atoms with Crippen LogP contribution in [0.5, 0.6) is 0 Å². The zero-order chi connectivity index (χ0) is 17.1. The van der Waals surface area contributed by atoms with Gasteiger partial charge in [-0.25, -0.2) is 0 Å². The fourth-order valence-electron chi connectivity index (χ4n) is 2.87. The summed E-state index contributed by atoms with van der Waals surface area (Å²) in [5.74, 6) is 0. The van der Waals surface area contributed by atoms with E-state index in [2.05, 4.69) is 95.4 Å². The molecular formula is C21H21IN2. The van der Waals surface area contributed by atoms with E-state index in [9.17, 15) is 0 Å². The van der Waals surface area contributed by atoms with E-state index in [-0.39, 0.29) is 0 Å². The van der Waals surface area contributed by atoms with Gasteiger partial charge in [-0.2, -0.15) is 0 Å². The molecule has 0 unspecified atom stereocenters. The molecule has 3 heteroatoms. The first-order chi connectivity index (χ1) is 11.6. The maximum Gasteiger partial charge on any atom is 0.0630 e. The highest BCUT2D eigenvalue weighted by molar-refractivity contribution is 14.1. The molecule has 2 nitrogen and oxygen atoms in total. The van der Waals surface area contributed by atoms with Gasteiger partial charge in [-0.05, 0) is 90.9 Å². The van der Waals surface area contributed by atoms with Crippen LogP contribution in [0.2, 0.25) is 0 Å². The van der Waals surface area contributed by atoms with Crippen LogP contribution in [-0.4, -0.2) is 10.8 Å². The van der Waals surface area contributed by atoms with Crippen molar-refractivity contribution in [3.8, 4) is 5.69 Å². The van der Waals surface area contributed by atoms with E-state index in [0.29, 0.717) is 0 Å². The Hall–Kier alpha value is -1.88. The summed E-state index contributed by atoms with van der Waals surface area (Å²) >= 11 is 2.31. The van der Waals surface area contributed by atoms with E-state index >= 15 is 0 Å². The van der Waals surface area contributed by atoms with Crippen molar-refractivity contribution in [2.45, 2.75) is 27.2 Å². The molecular weight excluding hydrogens is 407 g/mol. The van der Waals surface area contributed by atoms with Crippen molar-refractivity contribution in [3.05, 3.63) is 80.7 Å². The summed E-state index contributed by atoms with van der Waals surface area (Å²) in [4.78, 5) is 4.61. The Morgan fingerprint density at radius 3 is 2.29 bits per heavy atom. The molecule has 0 fully saturated rings. The predicted octanol–water partition coefficient (Wildman–Crippen LogP) is 6.01. The molecule has 24 heavy (non-hydrogen) atoms. The SMILES string of the molecule is CCc1ccc(-n2c(C)cc(C=Nc3ccc(I)cc3)c2C)cc1. The van der Waals surface area contributed by atoms with Crippen LogP contribution in [0.15, 0.2) is 59.6 Å². The van der Waals surface area contributed by atoms with Crippen LogP contribution in [-0.2, 0) is 6.42 Å². The minimum Gasteiger partial charge on any atom is -0.318 e. The van der Waals surface area contributed by atoms with Crippen LogP contribution >= 0.6 is 22.6 Å². The summed E-state index contributed by atoms with van der Waals surface area (Å²) < 4.78 is 3.51. The molecule has 0 saturated heterocycles. The molecule has 0 aliphatic rings. The molecule has 0 atom stereocenters. The summed E-state index contributed by atoms with van der Waals surface area (Å²) in [6.07, 6.45) is 3.03. The van der Waals surface area contributed by atoms with Crippen LogP contribution in [0, 0.1) is 17.4 Å². The first-order valence-corrected chi connectivity index (χ1v) is 9.24. The molecule has 0 bridgehead atoms. The third-order valence-corrected chi connectivity index (χ3v) is 4.97. The highest BCUT2D eigenvalue weighted by Crippen LogP contribution is 2.21. The minimum atomic E-state index is 0.979. The largest absolute Gasteiger partial charge is 0.318 e. The molecule has 2 aromatic carbocycles. The first kappa shape index (κ1) is 17.0. The van der Waals surface area contributed by atoms with Gasteiger partial charge in [-0.3, -0.25) is 4.99 Å². The lowest BCUT2D eigenvalue weighted by Crippen LogP contribution is -1.99. The smallest absolute Gasteiger partial charge is 0.0630 e. The van der Waals surface area contributed by atoms with E-state index in [0.717, 1.165) is 17.7 Å². The zero-order valence-electron chi connectivity index (χ0n) is 14.3. The summed E-state index contributed by atoms with van der Waals surface area (Å²) in [5.41, 5.74) is 7.14. The Kier molecular flexibility index (Phi) is 5.19. The monoisotopic (exact) mass is 428 g/mol. The number of rotatable bonds is 4. The fourth-order valence-corrected chi connectivity index (χ4v) is 3.23. The maximum absolute atomic E-state index is 4.61. The first-order valence-electron chi connectivity index (χ1n) is 8.16. The van der Waals surface area contributed by atoms with Crippen molar-refractivity contribution in [1.82, 2.24) is 4.57 Å². The average Bonchev–Trinajstić information content (AvgIpc) is 2.88.